The summed E-state index contributed by atoms with van der Waals surface area (Å²) >= 11 is 0. The van der Waals surface area contributed by atoms with Crippen LogP contribution in [0.15, 0.2) is 30.3 Å². The lowest BCUT2D eigenvalue weighted by Crippen LogP contribution is -2.31. The SMILES string of the molecule is CC(C)NC(=O)CCS(=O)(=O)Cc1ccccc1. The van der Waals surface area contributed by atoms with Gasteiger partial charge in [0.05, 0.1) is 11.5 Å². The van der Waals surface area contributed by atoms with Crippen LogP contribution in [0.5, 0.6) is 0 Å². The fraction of sp³-hybridized carbons (Fsp3) is 0.462. The van der Waals surface area contributed by atoms with Crippen LogP contribution in [0.2, 0.25) is 0 Å². The van der Waals surface area contributed by atoms with Gasteiger partial charge in [-0.25, -0.2) is 8.42 Å². The van der Waals surface area contributed by atoms with Gasteiger partial charge in [0.15, 0.2) is 9.84 Å². The van der Waals surface area contributed by atoms with Crippen molar-refractivity contribution in [3.8, 4) is 0 Å². The standard InChI is InChI=1S/C13H19NO3S/c1-11(2)14-13(15)8-9-18(16,17)10-12-6-4-3-5-7-12/h3-7,11H,8-10H2,1-2H3,(H,14,15). The van der Waals surface area contributed by atoms with Gasteiger partial charge in [0, 0.05) is 12.5 Å². The molecule has 0 saturated heterocycles. The Hall–Kier alpha value is -1.36. The Labute approximate surface area is 108 Å². The molecule has 1 amide bonds. The number of hydrogen-bond acceptors (Lipinski definition) is 3. The Balaban J connectivity index is 2.48. The quantitative estimate of drug-likeness (QED) is 0.851. The zero-order valence-electron chi connectivity index (χ0n) is 10.7. The van der Waals surface area contributed by atoms with Crippen LogP contribution in [-0.2, 0) is 20.4 Å². The van der Waals surface area contributed by atoms with E-state index in [0.29, 0.717) is 0 Å². The van der Waals surface area contributed by atoms with E-state index in [2.05, 4.69) is 5.32 Å². The Morgan fingerprint density at radius 2 is 1.83 bits per heavy atom. The molecule has 18 heavy (non-hydrogen) atoms. The molecule has 1 aromatic carbocycles. The van der Waals surface area contributed by atoms with Gasteiger partial charge in [0.1, 0.15) is 0 Å². The van der Waals surface area contributed by atoms with Gasteiger partial charge in [0.25, 0.3) is 0 Å². The molecule has 0 spiro atoms. The monoisotopic (exact) mass is 269 g/mol. The number of carbonyl (C=O) groups is 1. The molecule has 0 saturated carbocycles. The second-order valence-corrected chi connectivity index (χ2v) is 6.73. The lowest BCUT2D eigenvalue weighted by Gasteiger charge is -2.08. The molecular formula is C13H19NO3S. The van der Waals surface area contributed by atoms with Crippen molar-refractivity contribution in [1.29, 1.82) is 0 Å². The molecule has 1 rings (SSSR count). The first-order valence-electron chi connectivity index (χ1n) is 5.93. The predicted molar refractivity (Wildman–Crippen MR) is 71.8 cm³/mol. The highest BCUT2D eigenvalue weighted by Gasteiger charge is 2.14. The fourth-order valence-corrected chi connectivity index (χ4v) is 2.88. The highest BCUT2D eigenvalue weighted by atomic mass is 32.2. The number of sulfone groups is 1. The van der Waals surface area contributed by atoms with Crippen molar-refractivity contribution in [3.05, 3.63) is 35.9 Å². The highest BCUT2D eigenvalue weighted by molar-refractivity contribution is 7.90. The van der Waals surface area contributed by atoms with E-state index in [4.69, 9.17) is 0 Å². The lowest BCUT2D eigenvalue weighted by atomic mass is 10.2. The van der Waals surface area contributed by atoms with Crippen molar-refractivity contribution in [2.24, 2.45) is 0 Å². The molecule has 0 atom stereocenters. The van der Waals surface area contributed by atoms with Crippen LogP contribution in [0, 0.1) is 0 Å². The highest BCUT2D eigenvalue weighted by Crippen LogP contribution is 2.07. The summed E-state index contributed by atoms with van der Waals surface area (Å²) in [7, 11) is -3.23. The van der Waals surface area contributed by atoms with E-state index in [-0.39, 0.29) is 29.9 Å². The van der Waals surface area contributed by atoms with Gasteiger partial charge >= 0.3 is 0 Å². The molecule has 0 aliphatic rings. The van der Waals surface area contributed by atoms with E-state index < -0.39 is 9.84 Å². The maximum Gasteiger partial charge on any atom is 0.221 e. The molecule has 0 radical (unpaired) electrons. The summed E-state index contributed by atoms with van der Waals surface area (Å²) in [6, 6.07) is 9.02. The second kappa shape index (κ2) is 6.54. The van der Waals surface area contributed by atoms with Crippen LogP contribution in [0.25, 0.3) is 0 Å². The first-order chi connectivity index (χ1) is 8.39. The maximum absolute atomic E-state index is 11.8. The van der Waals surface area contributed by atoms with Crippen LogP contribution in [0.1, 0.15) is 25.8 Å². The van der Waals surface area contributed by atoms with Crippen molar-refractivity contribution in [1.82, 2.24) is 5.32 Å². The molecule has 100 valence electrons. The van der Waals surface area contributed by atoms with Crippen molar-refractivity contribution < 1.29 is 13.2 Å². The number of rotatable bonds is 6. The first kappa shape index (κ1) is 14.7. The molecule has 0 heterocycles. The van der Waals surface area contributed by atoms with Gasteiger partial charge in [-0.1, -0.05) is 30.3 Å². The molecule has 0 bridgehead atoms. The molecule has 4 nitrogen and oxygen atoms in total. The molecule has 1 aromatic rings. The number of benzene rings is 1. The summed E-state index contributed by atoms with van der Waals surface area (Å²) in [5, 5.41) is 2.68. The van der Waals surface area contributed by atoms with Crippen LogP contribution in [0.3, 0.4) is 0 Å². The second-order valence-electron chi connectivity index (χ2n) is 4.55. The molecule has 0 fully saturated rings. The minimum atomic E-state index is -3.23. The molecule has 0 aliphatic heterocycles. The number of hydrogen-bond donors (Lipinski definition) is 1. The Morgan fingerprint density at radius 1 is 1.22 bits per heavy atom. The molecule has 5 heteroatoms. The van der Waals surface area contributed by atoms with Gasteiger partial charge < -0.3 is 5.32 Å². The average Bonchev–Trinajstić information content (AvgIpc) is 2.26. The Bertz CT molecular complexity index is 480. The average molecular weight is 269 g/mol. The summed E-state index contributed by atoms with van der Waals surface area (Å²) in [5.74, 6) is -0.342. The van der Waals surface area contributed by atoms with E-state index in [9.17, 15) is 13.2 Å². The van der Waals surface area contributed by atoms with Gasteiger partial charge in [-0.2, -0.15) is 0 Å². The van der Waals surface area contributed by atoms with Crippen LogP contribution in [-0.4, -0.2) is 26.1 Å². The maximum atomic E-state index is 11.8. The van der Waals surface area contributed by atoms with Gasteiger partial charge in [-0.05, 0) is 19.4 Å². The normalized spacial score (nSPS) is 11.5. The summed E-state index contributed by atoms with van der Waals surface area (Å²) in [4.78, 5) is 11.4. The van der Waals surface area contributed by atoms with E-state index in [1.165, 1.54) is 0 Å². The van der Waals surface area contributed by atoms with E-state index in [0.717, 1.165) is 5.56 Å². The lowest BCUT2D eigenvalue weighted by molar-refractivity contribution is -0.121. The topological polar surface area (TPSA) is 63.2 Å². The Morgan fingerprint density at radius 3 is 2.39 bits per heavy atom. The fourth-order valence-electron chi connectivity index (χ4n) is 1.54. The third-order valence-electron chi connectivity index (χ3n) is 2.32. The summed E-state index contributed by atoms with van der Waals surface area (Å²) in [6.07, 6.45) is 0.0212. The third-order valence-corrected chi connectivity index (χ3v) is 3.92. The van der Waals surface area contributed by atoms with Crippen molar-refractivity contribution in [2.45, 2.75) is 32.1 Å². The number of carbonyl (C=O) groups excluding carboxylic acids is 1. The first-order valence-corrected chi connectivity index (χ1v) is 7.75. The summed E-state index contributed by atoms with van der Waals surface area (Å²) < 4.78 is 23.6. The van der Waals surface area contributed by atoms with Crippen LogP contribution < -0.4 is 5.32 Å². The minimum absolute atomic E-state index is 0.0111. The molecular weight excluding hydrogens is 250 g/mol. The summed E-state index contributed by atoms with van der Waals surface area (Å²) in [6.45, 7) is 3.69. The number of nitrogens with one attached hydrogen (secondary N) is 1. The van der Waals surface area contributed by atoms with Gasteiger partial charge in [-0.15, -0.1) is 0 Å². The molecule has 0 unspecified atom stereocenters. The van der Waals surface area contributed by atoms with Crippen LogP contribution >= 0.6 is 0 Å². The third kappa shape index (κ3) is 5.82. The largest absolute Gasteiger partial charge is 0.354 e. The van der Waals surface area contributed by atoms with Gasteiger partial charge in [0.2, 0.25) is 5.91 Å². The number of amides is 1. The van der Waals surface area contributed by atoms with Crippen molar-refractivity contribution in [3.63, 3.8) is 0 Å². The Kier molecular flexibility index (Phi) is 5.34. The molecule has 0 aliphatic carbocycles. The zero-order valence-corrected chi connectivity index (χ0v) is 11.5. The summed E-state index contributed by atoms with van der Waals surface area (Å²) in [5.41, 5.74) is 0.752. The van der Waals surface area contributed by atoms with Crippen molar-refractivity contribution >= 4 is 15.7 Å². The smallest absolute Gasteiger partial charge is 0.221 e. The van der Waals surface area contributed by atoms with Crippen molar-refractivity contribution in [2.75, 3.05) is 5.75 Å². The van der Waals surface area contributed by atoms with E-state index in [1.807, 2.05) is 19.9 Å². The minimum Gasteiger partial charge on any atom is -0.354 e. The van der Waals surface area contributed by atoms with E-state index >= 15 is 0 Å². The molecule has 0 aromatic heterocycles. The van der Waals surface area contributed by atoms with Gasteiger partial charge in [-0.3, -0.25) is 4.79 Å². The zero-order chi connectivity index (χ0) is 13.6. The van der Waals surface area contributed by atoms with E-state index in [1.54, 1.807) is 24.3 Å². The van der Waals surface area contributed by atoms with Crippen LogP contribution in [0.4, 0.5) is 0 Å². The predicted octanol–water partition coefficient (Wildman–Crippen LogP) is 1.52. The molecule has 1 N–H and O–H groups in total.